The number of piperidine rings is 1. The highest BCUT2D eigenvalue weighted by Crippen LogP contribution is 2.17. The number of hydrogen-bond acceptors (Lipinski definition) is 4. The van der Waals surface area contributed by atoms with E-state index < -0.39 is 0 Å². The van der Waals surface area contributed by atoms with E-state index in [4.69, 9.17) is 9.47 Å². The second-order valence-corrected chi connectivity index (χ2v) is 4.20. The van der Waals surface area contributed by atoms with Gasteiger partial charge in [-0.2, -0.15) is 0 Å². The van der Waals surface area contributed by atoms with Crippen molar-refractivity contribution < 1.29 is 14.3 Å². The molecule has 0 amide bonds. The summed E-state index contributed by atoms with van der Waals surface area (Å²) in [7, 11) is 1.73. The Morgan fingerprint density at radius 3 is 2.94 bits per heavy atom. The van der Waals surface area contributed by atoms with E-state index in [1.807, 2.05) is 6.92 Å². The van der Waals surface area contributed by atoms with E-state index in [2.05, 4.69) is 4.90 Å². The maximum Gasteiger partial charge on any atom is 0.307 e. The molecule has 1 heterocycles. The number of methoxy groups -OCH3 is 1. The van der Waals surface area contributed by atoms with Crippen LogP contribution in [0.3, 0.4) is 0 Å². The molecule has 0 N–H and O–H groups in total. The van der Waals surface area contributed by atoms with Gasteiger partial charge in [0.15, 0.2) is 0 Å². The molecule has 0 spiro atoms. The van der Waals surface area contributed by atoms with Crippen LogP contribution in [0.1, 0.15) is 32.6 Å². The van der Waals surface area contributed by atoms with Gasteiger partial charge in [-0.05, 0) is 26.3 Å². The maximum atomic E-state index is 11.3. The number of carbonyl (C=O) groups is 1. The van der Waals surface area contributed by atoms with Gasteiger partial charge in [0.25, 0.3) is 0 Å². The predicted molar refractivity (Wildman–Crippen MR) is 62.3 cm³/mol. The van der Waals surface area contributed by atoms with Gasteiger partial charge >= 0.3 is 5.97 Å². The molecule has 0 aromatic carbocycles. The summed E-state index contributed by atoms with van der Waals surface area (Å²) in [5.41, 5.74) is 0. The zero-order chi connectivity index (χ0) is 11.8. The Hall–Kier alpha value is -0.610. The molecule has 0 aliphatic carbocycles. The van der Waals surface area contributed by atoms with Crippen LogP contribution in [0.2, 0.25) is 0 Å². The van der Waals surface area contributed by atoms with Crippen LogP contribution >= 0.6 is 0 Å². The van der Waals surface area contributed by atoms with Crippen LogP contribution in [0, 0.1) is 0 Å². The summed E-state index contributed by atoms with van der Waals surface area (Å²) in [6, 6.07) is 0.480. The van der Waals surface area contributed by atoms with Crippen LogP contribution in [-0.2, 0) is 14.3 Å². The summed E-state index contributed by atoms with van der Waals surface area (Å²) >= 11 is 0. The van der Waals surface area contributed by atoms with Gasteiger partial charge in [-0.15, -0.1) is 0 Å². The minimum absolute atomic E-state index is 0.0933. The Bertz CT molecular complexity index is 206. The molecule has 94 valence electrons. The summed E-state index contributed by atoms with van der Waals surface area (Å²) in [5.74, 6) is -0.0933. The van der Waals surface area contributed by atoms with Crippen molar-refractivity contribution in [1.29, 1.82) is 0 Å². The van der Waals surface area contributed by atoms with Gasteiger partial charge in [-0.25, -0.2) is 0 Å². The number of carbonyl (C=O) groups excluding carboxylic acids is 1. The highest BCUT2D eigenvalue weighted by atomic mass is 16.5. The van der Waals surface area contributed by atoms with Crippen molar-refractivity contribution in [1.82, 2.24) is 4.90 Å². The number of likely N-dealkylation sites (tertiary alicyclic amines) is 1. The molecule has 0 saturated carbocycles. The lowest BCUT2D eigenvalue weighted by molar-refractivity contribution is -0.143. The third-order valence-electron chi connectivity index (χ3n) is 3.02. The Labute approximate surface area is 97.9 Å². The quantitative estimate of drug-likeness (QED) is 0.646. The molecular formula is C12H23NO3. The average molecular weight is 229 g/mol. The molecule has 0 unspecified atom stereocenters. The van der Waals surface area contributed by atoms with Crippen LogP contribution in [0.25, 0.3) is 0 Å². The number of nitrogens with zero attached hydrogens (tertiary/aromatic N) is 1. The van der Waals surface area contributed by atoms with Gasteiger partial charge < -0.3 is 9.47 Å². The van der Waals surface area contributed by atoms with Gasteiger partial charge in [0.05, 0.1) is 19.6 Å². The molecule has 1 saturated heterocycles. The number of ether oxygens (including phenoxy) is 2. The monoisotopic (exact) mass is 229 g/mol. The van der Waals surface area contributed by atoms with Gasteiger partial charge in [-0.3, -0.25) is 9.69 Å². The van der Waals surface area contributed by atoms with Gasteiger partial charge in [0.2, 0.25) is 0 Å². The van der Waals surface area contributed by atoms with E-state index in [9.17, 15) is 4.79 Å². The Balaban J connectivity index is 2.29. The predicted octanol–water partition coefficient (Wildman–Crippen LogP) is 1.44. The lowest BCUT2D eigenvalue weighted by Crippen LogP contribution is -2.43. The van der Waals surface area contributed by atoms with Crippen molar-refractivity contribution in [2.24, 2.45) is 0 Å². The molecule has 0 radical (unpaired) electrons. The van der Waals surface area contributed by atoms with Crippen LogP contribution < -0.4 is 0 Å². The molecule has 1 aliphatic rings. The van der Waals surface area contributed by atoms with E-state index >= 15 is 0 Å². The number of rotatable bonds is 6. The van der Waals surface area contributed by atoms with Crippen molar-refractivity contribution in [2.75, 3.05) is 33.4 Å². The fourth-order valence-corrected chi connectivity index (χ4v) is 2.20. The van der Waals surface area contributed by atoms with Crippen molar-refractivity contribution >= 4 is 5.97 Å². The molecule has 1 fully saturated rings. The SMILES string of the molecule is CCOC(=O)CCN1CCCC[C@@H]1COC. The maximum absolute atomic E-state index is 11.3. The largest absolute Gasteiger partial charge is 0.466 e. The van der Waals surface area contributed by atoms with E-state index in [0.29, 0.717) is 19.1 Å². The Kier molecular flexibility index (Phi) is 6.42. The highest BCUT2D eigenvalue weighted by molar-refractivity contribution is 5.69. The summed E-state index contributed by atoms with van der Waals surface area (Å²) in [6.45, 7) is 4.95. The first-order valence-corrected chi connectivity index (χ1v) is 6.16. The smallest absolute Gasteiger partial charge is 0.307 e. The first-order chi connectivity index (χ1) is 7.77. The van der Waals surface area contributed by atoms with Crippen LogP contribution in [0.15, 0.2) is 0 Å². The van der Waals surface area contributed by atoms with Crippen LogP contribution in [0.4, 0.5) is 0 Å². The minimum atomic E-state index is -0.0933. The van der Waals surface area contributed by atoms with E-state index in [1.165, 1.54) is 19.3 Å². The van der Waals surface area contributed by atoms with Crippen molar-refractivity contribution in [3.05, 3.63) is 0 Å². The first-order valence-electron chi connectivity index (χ1n) is 6.16. The highest BCUT2D eigenvalue weighted by Gasteiger charge is 2.22. The third kappa shape index (κ3) is 4.49. The van der Waals surface area contributed by atoms with E-state index in [0.717, 1.165) is 19.7 Å². The van der Waals surface area contributed by atoms with Gasteiger partial charge in [-0.1, -0.05) is 6.42 Å². The molecule has 4 heteroatoms. The minimum Gasteiger partial charge on any atom is -0.466 e. The molecule has 0 aromatic heterocycles. The zero-order valence-corrected chi connectivity index (χ0v) is 10.4. The molecule has 1 rings (SSSR count). The fraction of sp³-hybridized carbons (Fsp3) is 0.917. The van der Waals surface area contributed by atoms with Gasteiger partial charge in [0, 0.05) is 19.7 Å². The summed E-state index contributed by atoms with van der Waals surface area (Å²) < 4.78 is 10.1. The summed E-state index contributed by atoms with van der Waals surface area (Å²) in [4.78, 5) is 13.6. The molecule has 4 nitrogen and oxygen atoms in total. The summed E-state index contributed by atoms with van der Waals surface area (Å²) in [5, 5.41) is 0. The standard InChI is InChI=1S/C12H23NO3/c1-3-16-12(14)7-9-13-8-5-4-6-11(13)10-15-2/h11H,3-10H2,1-2H3/t11-/m1/s1. The molecule has 1 atom stereocenters. The molecule has 1 aliphatic heterocycles. The molecule has 0 bridgehead atoms. The Morgan fingerprint density at radius 1 is 1.44 bits per heavy atom. The lowest BCUT2D eigenvalue weighted by atomic mass is 10.0. The number of hydrogen-bond donors (Lipinski definition) is 0. The molecular weight excluding hydrogens is 206 g/mol. The van der Waals surface area contributed by atoms with Gasteiger partial charge in [0.1, 0.15) is 0 Å². The second kappa shape index (κ2) is 7.63. The zero-order valence-electron chi connectivity index (χ0n) is 10.4. The normalized spacial score (nSPS) is 22.0. The van der Waals surface area contributed by atoms with E-state index in [-0.39, 0.29) is 5.97 Å². The third-order valence-corrected chi connectivity index (χ3v) is 3.02. The number of esters is 1. The molecule has 16 heavy (non-hydrogen) atoms. The summed E-state index contributed by atoms with van der Waals surface area (Å²) in [6.07, 6.45) is 4.16. The topological polar surface area (TPSA) is 38.8 Å². The van der Waals surface area contributed by atoms with Crippen molar-refractivity contribution in [3.63, 3.8) is 0 Å². The van der Waals surface area contributed by atoms with E-state index in [1.54, 1.807) is 7.11 Å². The fourth-order valence-electron chi connectivity index (χ4n) is 2.20. The lowest BCUT2D eigenvalue weighted by Gasteiger charge is -2.34. The molecule has 0 aromatic rings. The Morgan fingerprint density at radius 2 is 2.25 bits per heavy atom. The van der Waals surface area contributed by atoms with Crippen molar-refractivity contribution in [2.45, 2.75) is 38.6 Å². The van der Waals surface area contributed by atoms with Crippen LogP contribution in [-0.4, -0.2) is 50.3 Å². The van der Waals surface area contributed by atoms with Crippen molar-refractivity contribution in [3.8, 4) is 0 Å². The second-order valence-electron chi connectivity index (χ2n) is 4.20. The first kappa shape index (κ1) is 13.5. The average Bonchev–Trinajstić information content (AvgIpc) is 2.29. The van der Waals surface area contributed by atoms with Crippen LogP contribution in [0.5, 0.6) is 0 Å².